The number of aryl methyl sites for hydroxylation is 1. The van der Waals surface area contributed by atoms with Crippen molar-refractivity contribution in [3.8, 4) is 5.75 Å². The maximum atomic E-state index is 12.7. The molecule has 1 aromatic carbocycles. The number of hydrogen-bond acceptors (Lipinski definition) is 7. The van der Waals surface area contributed by atoms with E-state index in [-0.39, 0.29) is 16.7 Å². The minimum atomic E-state index is -3.86. The summed E-state index contributed by atoms with van der Waals surface area (Å²) in [5.74, 6) is 0.998. The van der Waals surface area contributed by atoms with E-state index in [2.05, 4.69) is 14.9 Å². The highest BCUT2D eigenvalue weighted by atomic mass is 32.2. The van der Waals surface area contributed by atoms with E-state index in [0.717, 1.165) is 0 Å². The molecule has 2 heterocycles. The van der Waals surface area contributed by atoms with Crippen LogP contribution in [0.4, 0.5) is 5.69 Å². The Bertz CT molecular complexity index is 924. The maximum absolute atomic E-state index is 12.7. The van der Waals surface area contributed by atoms with Crippen LogP contribution in [0.3, 0.4) is 0 Å². The molecule has 10 heteroatoms. The van der Waals surface area contributed by atoms with Gasteiger partial charge < -0.3 is 14.2 Å². The highest BCUT2D eigenvalue weighted by Gasteiger charge is 2.26. The first-order chi connectivity index (χ1) is 12.3. The summed E-state index contributed by atoms with van der Waals surface area (Å²) >= 11 is 0. The SMILES string of the molecule is CCc1noc([C@@H](C)NS(=O)(=O)c2ccc3c(c2)N(C(C)=O)CCO3)n1. The van der Waals surface area contributed by atoms with Gasteiger partial charge in [-0.2, -0.15) is 9.71 Å². The maximum Gasteiger partial charge on any atom is 0.244 e. The number of amides is 1. The van der Waals surface area contributed by atoms with Crippen molar-refractivity contribution in [3.05, 3.63) is 29.9 Å². The molecule has 1 atom stereocenters. The smallest absolute Gasteiger partial charge is 0.244 e. The Morgan fingerprint density at radius 3 is 2.85 bits per heavy atom. The van der Waals surface area contributed by atoms with E-state index in [1.807, 2.05) is 6.92 Å². The molecule has 1 N–H and O–H groups in total. The van der Waals surface area contributed by atoms with Crippen LogP contribution in [-0.4, -0.2) is 37.6 Å². The minimum Gasteiger partial charge on any atom is -0.490 e. The van der Waals surface area contributed by atoms with E-state index in [0.29, 0.717) is 36.8 Å². The van der Waals surface area contributed by atoms with Crippen molar-refractivity contribution in [2.75, 3.05) is 18.1 Å². The van der Waals surface area contributed by atoms with Crippen LogP contribution >= 0.6 is 0 Å². The number of nitrogens with one attached hydrogen (secondary N) is 1. The monoisotopic (exact) mass is 380 g/mol. The summed E-state index contributed by atoms with van der Waals surface area (Å²) in [6.45, 7) is 5.66. The molecule has 26 heavy (non-hydrogen) atoms. The lowest BCUT2D eigenvalue weighted by Gasteiger charge is -2.29. The quantitative estimate of drug-likeness (QED) is 0.834. The van der Waals surface area contributed by atoms with Crippen LogP contribution in [0.25, 0.3) is 0 Å². The number of hydrogen-bond donors (Lipinski definition) is 1. The van der Waals surface area contributed by atoms with Gasteiger partial charge in [-0.05, 0) is 25.1 Å². The predicted molar refractivity (Wildman–Crippen MR) is 92.4 cm³/mol. The Kier molecular flexibility index (Phi) is 4.97. The summed E-state index contributed by atoms with van der Waals surface area (Å²) in [6.07, 6.45) is 0.592. The molecule has 140 valence electrons. The normalized spacial score (nSPS) is 15.3. The van der Waals surface area contributed by atoms with Gasteiger partial charge in [0.2, 0.25) is 21.8 Å². The molecule has 2 aromatic rings. The number of carbonyl (C=O) groups excluding carboxylic acids is 1. The first-order valence-electron chi connectivity index (χ1n) is 8.21. The number of nitrogens with zero attached hydrogens (tertiary/aromatic N) is 3. The Hall–Kier alpha value is -2.46. The van der Waals surface area contributed by atoms with Crippen LogP contribution in [0, 0.1) is 0 Å². The molecule has 0 saturated heterocycles. The predicted octanol–water partition coefficient (Wildman–Crippen LogP) is 1.42. The fraction of sp³-hybridized carbons (Fsp3) is 0.438. The molecule has 0 fully saturated rings. The van der Waals surface area contributed by atoms with E-state index in [1.54, 1.807) is 13.0 Å². The van der Waals surface area contributed by atoms with Crippen molar-refractivity contribution in [3.63, 3.8) is 0 Å². The third-order valence-electron chi connectivity index (χ3n) is 3.99. The molecule has 3 rings (SSSR count). The second-order valence-electron chi connectivity index (χ2n) is 5.89. The van der Waals surface area contributed by atoms with Crippen LogP contribution in [0.2, 0.25) is 0 Å². The van der Waals surface area contributed by atoms with Gasteiger partial charge in [0.15, 0.2) is 5.82 Å². The number of sulfonamides is 1. The summed E-state index contributed by atoms with van der Waals surface area (Å²) in [5.41, 5.74) is 0.435. The van der Waals surface area contributed by atoms with Gasteiger partial charge in [-0.3, -0.25) is 4.79 Å². The molecule has 0 bridgehead atoms. The number of fused-ring (bicyclic) bond motifs is 1. The van der Waals surface area contributed by atoms with Gasteiger partial charge in [0.1, 0.15) is 12.4 Å². The van der Waals surface area contributed by atoms with Crippen LogP contribution in [0.1, 0.15) is 38.5 Å². The molecular formula is C16H20N4O5S. The zero-order valence-electron chi connectivity index (χ0n) is 14.7. The average molecular weight is 380 g/mol. The summed E-state index contributed by atoms with van der Waals surface area (Å²) < 4.78 is 38.5. The molecule has 0 saturated carbocycles. The Balaban J connectivity index is 1.87. The van der Waals surface area contributed by atoms with E-state index >= 15 is 0 Å². The van der Waals surface area contributed by atoms with Crippen molar-refractivity contribution < 1.29 is 22.5 Å². The first-order valence-corrected chi connectivity index (χ1v) is 9.70. The Labute approximate surface area is 151 Å². The molecule has 1 aromatic heterocycles. The Morgan fingerprint density at radius 2 is 2.19 bits per heavy atom. The molecule has 0 unspecified atom stereocenters. The minimum absolute atomic E-state index is 0.0232. The lowest BCUT2D eigenvalue weighted by Crippen LogP contribution is -2.36. The molecule has 1 aliphatic rings. The third-order valence-corrected chi connectivity index (χ3v) is 5.52. The molecular weight excluding hydrogens is 360 g/mol. The fourth-order valence-electron chi connectivity index (χ4n) is 2.63. The van der Waals surface area contributed by atoms with Gasteiger partial charge in [-0.25, -0.2) is 8.42 Å². The lowest BCUT2D eigenvalue weighted by molar-refractivity contribution is -0.116. The van der Waals surface area contributed by atoms with Crippen LogP contribution in [0.5, 0.6) is 5.75 Å². The largest absolute Gasteiger partial charge is 0.490 e. The summed E-state index contributed by atoms with van der Waals surface area (Å²) in [5, 5.41) is 3.76. The number of ether oxygens (including phenoxy) is 1. The lowest BCUT2D eigenvalue weighted by atomic mass is 10.2. The molecule has 0 radical (unpaired) electrons. The van der Waals surface area contributed by atoms with Gasteiger partial charge in [0.25, 0.3) is 0 Å². The summed E-state index contributed by atoms with van der Waals surface area (Å²) in [4.78, 5) is 17.4. The average Bonchev–Trinajstić information content (AvgIpc) is 3.09. The fourth-order valence-corrected chi connectivity index (χ4v) is 3.85. The molecule has 1 aliphatic heterocycles. The molecule has 0 aliphatic carbocycles. The molecule has 1 amide bonds. The second kappa shape index (κ2) is 7.04. The Morgan fingerprint density at radius 1 is 1.42 bits per heavy atom. The number of rotatable bonds is 5. The number of anilines is 1. The van der Waals surface area contributed by atoms with Crippen LogP contribution < -0.4 is 14.4 Å². The number of carbonyl (C=O) groups is 1. The molecule has 9 nitrogen and oxygen atoms in total. The van der Waals surface area contributed by atoms with Crippen molar-refractivity contribution in [1.82, 2.24) is 14.9 Å². The van der Waals surface area contributed by atoms with Crippen molar-refractivity contribution >= 4 is 21.6 Å². The van der Waals surface area contributed by atoms with Gasteiger partial charge >= 0.3 is 0 Å². The van der Waals surface area contributed by atoms with Gasteiger partial charge in [-0.15, -0.1) is 0 Å². The van der Waals surface area contributed by atoms with Crippen molar-refractivity contribution in [2.45, 2.75) is 38.1 Å². The summed E-state index contributed by atoms with van der Waals surface area (Å²) in [6, 6.07) is 3.72. The zero-order chi connectivity index (χ0) is 18.9. The van der Waals surface area contributed by atoms with Gasteiger partial charge in [0, 0.05) is 13.3 Å². The van der Waals surface area contributed by atoms with E-state index < -0.39 is 16.1 Å². The number of aromatic nitrogens is 2. The van der Waals surface area contributed by atoms with Crippen molar-refractivity contribution in [1.29, 1.82) is 0 Å². The summed E-state index contributed by atoms with van der Waals surface area (Å²) in [7, 11) is -3.86. The van der Waals surface area contributed by atoms with Gasteiger partial charge in [-0.1, -0.05) is 12.1 Å². The zero-order valence-corrected chi connectivity index (χ0v) is 15.5. The highest BCUT2D eigenvalue weighted by molar-refractivity contribution is 7.89. The van der Waals surface area contributed by atoms with E-state index in [9.17, 15) is 13.2 Å². The second-order valence-corrected chi connectivity index (χ2v) is 7.61. The molecule has 0 spiro atoms. The van der Waals surface area contributed by atoms with E-state index in [4.69, 9.17) is 9.26 Å². The van der Waals surface area contributed by atoms with Crippen LogP contribution in [0.15, 0.2) is 27.6 Å². The topological polar surface area (TPSA) is 115 Å². The number of benzene rings is 1. The van der Waals surface area contributed by atoms with E-state index in [1.165, 1.54) is 24.0 Å². The van der Waals surface area contributed by atoms with Gasteiger partial charge in [0.05, 0.1) is 23.2 Å². The third kappa shape index (κ3) is 3.56. The highest BCUT2D eigenvalue weighted by Crippen LogP contribution is 2.34. The first kappa shape index (κ1) is 18.3. The standard InChI is InChI=1S/C16H20N4O5S/c1-4-15-17-16(25-18-15)10(2)19-26(22,23)12-5-6-14-13(9-12)20(11(3)21)7-8-24-14/h5-6,9-10,19H,4,7-8H2,1-3H3/t10-/m1/s1. The van der Waals surface area contributed by atoms with Crippen molar-refractivity contribution in [2.24, 2.45) is 0 Å². The van der Waals surface area contributed by atoms with Crippen LogP contribution in [-0.2, 0) is 21.2 Å².